The molecule has 1 aromatic carbocycles. The van der Waals surface area contributed by atoms with Crippen LogP contribution in [0, 0.1) is 13.8 Å². The Morgan fingerprint density at radius 2 is 2.16 bits per heavy atom. The fourth-order valence-corrected chi connectivity index (χ4v) is 2.57. The highest BCUT2D eigenvalue weighted by atomic mass is 16.5. The molecule has 98 valence electrons. The summed E-state index contributed by atoms with van der Waals surface area (Å²) in [6, 6.07) is 5.66. The van der Waals surface area contributed by atoms with Gasteiger partial charge in [-0.2, -0.15) is 5.10 Å². The molecule has 3 rings (SSSR count). The van der Waals surface area contributed by atoms with E-state index in [1.807, 2.05) is 39.1 Å². The topological polar surface area (TPSA) is 44.1 Å². The van der Waals surface area contributed by atoms with Gasteiger partial charge in [0.2, 0.25) is 0 Å². The largest absolute Gasteiger partial charge is 0.493 e. The summed E-state index contributed by atoms with van der Waals surface area (Å²) >= 11 is 0. The number of aromatic nitrogens is 2. The van der Waals surface area contributed by atoms with Crippen LogP contribution in [0.3, 0.4) is 0 Å². The predicted molar refractivity (Wildman–Crippen MR) is 71.8 cm³/mol. The second-order valence-electron chi connectivity index (χ2n) is 4.92. The van der Waals surface area contributed by atoms with E-state index in [1.54, 1.807) is 4.68 Å². The monoisotopic (exact) mass is 256 g/mol. The molecule has 0 unspecified atom stereocenters. The summed E-state index contributed by atoms with van der Waals surface area (Å²) in [5.74, 6) is 0.939. The molecule has 0 amide bonds. The smallest absolute Gasteiger partial charge is 0.196 e. The van der Waals surface area contributed by atoms with Crippen molar-refractivity contribution in [2.75, 3.05) is 6.61 Å². The van der Waals surface area contributed by atoms with Gasteiger partial charge < -0.3 is 4.74 Å². The van der Waals surface area contributed by atoms with Gasteiger partial charge in [-0.15, -0.1) is 0 Å². The molecule has 1 aliphatic rings. The van der Waals surface area contributed by atoms with Crippen molar-refractivity contribution in [3.63, 3.8) is 0 Å². The molecule has 0 spiro atoms. The molecule has 0 N–H and O–H groups in total. The van der Waals surface area contributed by atoms with E-state index in [0.717, 1.165) is 29.1 Å². The van der Waals surface area contributed by atoms with Crippen LogP contribution in [0.25, 0.3) is 0 Å². The fraction of sp³-hybridized carbons (Fsp3) is 0.333. The Kier molecular flexibility index (Phi) is 2.66. The molecule has 2 heterocycles. The molecule has 1 aromatic heterocycles. The molecule has 0 saturated heterocycles. The minimum absolute atomic E-state index is 0.0396. The third-order valence-electron chi connectivity index (χ3n) is 3.69. The molecular weight excluding hydrogens is 240 g/mol. The van der Waals surface area contributed by atoms with E-state index in [-0.39, 0.29) is 5.78 Å². The van der Waals surface area contributed by atoms with Crippen molar-refractivity contribution in [2.24, 2.45) is 7.05 Å². The van der Waals surface area contributed by atoms with E-state index in [1.165, 1.54) is 0 Å². The van der Waals surface area contributed by atoms with Gasteiger partial charge in [-0.1, -0.05) is 0 Å². The second kappa shape index (κ2) is 4.23. The predicted octanol–water partition coefficient (Wildman–Crippen LogP) is 2.20. The van der Waals surface area contributed by atoms with Gasteiger partial charge >= 0.3 is 0 Å². The van der Waals surface area contributed by atoms with Gasteiger partial charge in [-0.25, -0.2) is 0 Å². The van der Waals surface area contributed by atoms with E-state index in [0.29, 0.717) is 17.7 Å². The van der Waals surface area contributed by atoms with Crippen molar-refractivity contribution in [3.8, 4) is 5.75 Å². The van der Waals surface area contributed by atoms with Crippen LogP contribution in [0.1, 0.15) is 32.9 Å². The summed E-state index contributed by atoms with van der Waals surface area (Å²) < 4.78 is 7.21. The number of carbonyl (C=O) groups excluding carboxylic acids is 1. The summed E-state index contributed by atoms with van der Waals surface area (Å²) in [6.07, 6.45) is 0.876. The Morgan fingerprint density at radius 1 is 1.37 bits per heavy atom. The average molecular weight is 256 g/mol. The van der Waals surface area contributed by atoms with Crippen LogP contribution in [0.2, 0.25) is 0 Å². The SMILES string of the molecule is Cc1nn(C)c(C)c1C(=O)c1ccc2c(c1)CCO2. The van der Waals surface area contributed by atoms with Crippen LogP contribution >= 0.6 is 0 Å². The lowest BCUT2D eigenvalue weighted by Gasteiger charge is -2.04. The molecular formula is C15H16N2O2. The van der Waals surface area contributed by atoms with Crippen LogP contribution in [-0.2, 0) is 13.5 Å². The van der Waals surface area contributed by atoms with E-state index in [4.69, 9.17) is 4.74 Å². The summed E-state index contributed by atoms with van der Waals surface area (Å²) in [5, 5.41) is 4.30. The number of hydrogen-bond acceptors (Lipinski definition) is 3. The van der Waals surface area contributed by atoms with Gasteiger partial charge in [-0.3, -0.25) is 9.48 Å². The van der Waals surface area contributed by atoms with Gasteiger partial charge in [0.05, 0.1) is 17.9 Å². The number of ether oxygens (including phenoxy) is 1. The molecule has 4 nitrogen and oxygen atoms in total. The average Bonchev–Trinajstić information content (AvgIpc) is 2.94. The van der Waals surface area contributed by atoms with E-state index in [9.17, 15) is 4.79 Å². The molecule has 0 saturated carbocycles. The normalized spacial score (nSPS) is 13.2. The Morgan fingerprint density at radius 3 is 2.84 bits per heavy atom. The molecule has 0 atom stereocenters. The molecule has 1 aliphatic heterocycles. The maximum Gasteiger partial charge on any atom is 0.196 e. The van der Waals surface area contributed by atoms with Crippen LogP contribution < -0.4 is 4.74 Å². The number of hydrogen-bond donors (Lipinski definition) is 0. The highest BCUT2D eigenvalue weighted by Crippen LogP contribution is 2.27. The summed E-state index contributed by atoms with van der Waals surface area (Å²) in [5.41, 5.74) is 4.22. The zero-order valence-corrected chi connectivity index (χ0v) is 11.4. The van der Waals surface area contributed by atoms with Crippen LogP contribution in [0.15, 0.2) is 18.2 Å². The number of fused-ring (bicyclic) bond motifs is 1. The van der Waals surface area contributed by atoms with Crippen molar-refractivity contribution in [1.29, 1.82) is 0 Å². The molecule has 4 heteroatoms. The Hall–Kier alpha value is -2.10. The molecule has 19 heavy (non-hydrogen) atoms. The number of rotatable bonds is 2. The lowest BCUT2D eigenvalue weighted by molar-refractivity contribution is 0.103. The molecule has 0 aliphatic carbocycles. The van der Waals surface area contributed by atoms with Crippen molar-refractivity contribution in [2.45, 2.75) is 20.3 Å². The molecule has 0 fully saturated rings. The molecule has 0 bridgehead atoms. The Balaban J connectivity index is 2.05. The lowest BCUT2D eigenvalue weighted by atomic mass is 9.99. The summed E-state index contributed by atoms with van der Waals surface area (Å²) in [4.78, 5) is 12.6. The summed E-state index contributed by atoms with van der Waals surface area (Å²) in [6.45, 7) is 4.50. The molecule has 0 radical (unpaired) electrons. The molecule has 2 aromatic rings. The maximum absolute atomic E-state index is 12.6. The number of carbonyl (C=O) groups is 1. The maximum atomic E-state index is 12.6. The number of aryl methyl sites for hydroxylation is 2. The van der Waals surface area contributed by atoms with Crippen molar-refractivity contribution in [1.82, 2.24) is 9.78 Å². The third kappa shape index (κ3) is 1.84. The zero-order chi connectivity index (χ0) is 13.6. The zero-order valence-electron chi connectivity index (χ0n) is 11.4. The van der Waals surface area contributed by atoms with Crippen LogP contribution in [0.5, 0.6) is 5.75 Å². The quantitative estimate of drug-likeness (QED) is 0.774. The van der Waals surface area contributed by atoms with Gasteiger partial charge in [0.1, 0.15) is 5.75 Å². The second-order valence-corrected chi connectivity index (χ2v) is 4.92. The number of benzene rings is 1. The minimum Gasteiger partial charge on any atom is -0.493 e. The van der Waals surface area contributed by atoms with Crippen molar-refractivity contribution < 1.29 is 9.53 Å². The lowest BCUT2D eigenvalue weighted by Crippen LogP contribution is -2.05. The van der Waals surface area contributed by atoms with Gasteiger partial charge in [0.15, 0.2) is 5.78 Å². The fourth-order valence-electron chi connectivity index (χ4n) is 2.57. The van der Waals surface area contributed by atoms with E-state index < -0.39 is 0 Å². The number of nitrogens with zero attached hydrogens (tertiary/aromatic N) is 2. The van der Waals surface area contributed by atoms with Gasteiger partial charge in [0.25, 0.3) is 0 Å². The summed E-state index contributed by atoms with van der Waals surface area (Å²) in [7, 11) is 1.86. The van der Waals surface area contributed by atoms with Gasteiger partial charge in [0, 0.05) is 24.7 Å². The van der Waals surface area contributed by atoms with E-state index >= 15 is 0 Å². The van der Waals surface area contributed by atoms with E-state index in [2.05, 4.69) is 5.10 Å². The Labute approximate surface area is 112 Å². The Bertz CT molecular complexity index is 671. The highest BCUT2D eigenvalue weighted by molar-refractivity contribution is 6.10. The minimum atomic E-state index is 0.0396. The highest BCUT2D eigenvalue weighted by Gasteiger charge is 2.21. The first kappa shape index (κ1) is 12.0. The third-order valence-corrected chi connectivity index (χ3v) is 3.69. The first-order valence-corrected chi connectivity index (χ1v) is 6.38. The van der Waals surface area contributed by atoms with Crippen molar-refractivity contribution >= 4 is 5.78 Å². The van der Waals surface area contributed by atoms with Crippen molar-refractivity contribution in [3.05, 3.63) is 46.3 Å². The van der Waals surface area contributed by atoms with Crippen LogP contribution in [-0.4, -0.2) is 22.2 Å². The van der Waals surface area contributed by atoms with Gasteiger partial charge in [-0.05, 0) is 37.6 Å². The first-order chi connectivity index (χ1) is 9.08. The first-order valence-electron chi connectivity index (χ1n) is 6.38. The van der Waals surface area contributed by atoms with Crippen LogP contribution in [0.4, 0.5) is 0 Å². The number of ketones is 1. The standard InChI is InChI=1S/C15H16N2O2/c1-9-14(10(2)17(3)16-9)15(18)12-4-5-13-11(8-12)6-7-19-13/h4-5,8H,6-7H2,1-3H3.